The zero-order chi connectivity index (χ0) is 19.8. The lowest BCUT2D eigenvalue weighted by atomic mass is 10.1. The summed E-state index contributed by atoms with van der Waals surface area (Å²) in [6.07, 6.45) is -2.08. The summed E-state index contributed by atoms with van der Waals surface area (Å²) >= 11 is 0. The van der Waals surface area contributed by atoms with E-state index in [2.05, 4.69) is 15.3 Å². The maximum atomic E-state index is 12.9. The highest BCUT2D eigenvalue weighted by molar-refractivity contribution is 5.94. The molecule has 27 heavy (non-hydrogen) atoms. The Labute approximate surface area is 153 Å². The molecular weight excluding hydrogens is 359 g/mol. The van der Waals surface area contributed by atoms with Crippen LogP contribution in [0.15, 0.2) is 42.7 Å². The Bertz CT molecular complexity index is 988. The van der Waals surface area contributed by atoms with Gasteiger partial charge < -0.3 is 9.72 Å². The highest BCUT2D eigenvalue weighted by Crippen LogP contribution is 2.34. The van der Waals surface area contributed by atoms with Crippen molar-refractivity contribution < 1.29 is 22.7 Å². The van der Waals surface area contributed by atoms with E-state index >= 15 is 0 Å². The van der Waals surface area contributed by atoms with Crippen LogP contribution in [0.25, 0.3) is 22.2 Å². The first-order valence-electron chi connectivity index (χ1n) is 8.17. The first-order chi connectivity index (χ1) is 12.5. The minimum atomic E-state index is -4.41. The number of halogens is 3. The quantitative estimate of drug-likeness (QED) is 0.611. The Balaban J connectivity index is 1.96. The molecule has 0 aliphatic carbocycles. The average molecular weight is 377 g/mol. The summed E-state index contributed by atoms with van der Waals surface area (Å²) < 4.78 is 44.0. The molecule has 2 heterocycles. The normalized spacial score (nSPS) is 12.2. The SMILES string of the molecule is CC(C)(C)OC(=O)Nc1cnccc1-c1cc2cc(C(F)(F)F)ccc2[nH]1. The van der Waals surface area contributed by atoms with Crippen LogP contribution in [0.1, 0.15) is 26.3 Å². The van der Waals surface area contributed by atoms with Gasteiger partial charge in [0.1, 0.15) is 5.60 Å². The van der Waals surface area contributed by atoms with Gasteiger partial charge in [-0.05, 0) is 51.1 Å². The van der Waals surface area contributed by atoms with E-state index in [9.17, 15) is 18.0 Å². The van der Waals surface area contributed by atoms with Crippen LogP contribution in [-0.4, -0.2) is 21.7 Å². The number of alkyl halides is 3. The Morgan fingerprint density at radius 1 is 1.15 bits per heavy atom. The zero-order valence-electron chi connectivity index (χ0n) is 14.9. The van der Waals surface area contributed by atoms with E-state index < -0.39 is 23.4 Å². The summed E-state index contributed by atoms with van der Waals surface area (Å²) in [7, 11) is 0. The molecule has 0 radical (unpaired) electrons. The average Bonchev–Trinajstić information content (AvgIpc) is 2.95. The van der Waals surface area contributed by atoms with Crippen molar-refractivity contribution >= 4 is 22.7 Å². The first kappa shape index (κ1) is 18.8. The number of nitrogens with one attached hydrogen (secondary N) is 2. The molecule has 142 valence electrons. The number of benzene rings is 1. The standard InChI is InChI=1S/C19H18F3N3O2/c1-18(2,3)27-17(26)25-16-10-23-7-6-13(16)15-9-11-8-12(19(20,21)22)4-5-14(11)24-15/h4-10,24H,1-3H3,(H,25,26). The number of H-pyrrole nitrogens is 1. The van der Waals surface area contributed by atoms with Crippen molar-refractivity contribution in [1.29, 1.82) is 0 Å². The molecule has 0 bridgehead atoms. The molecule has 2 N–H and O–H groups in total. The monoisotopic (exact) mass is 377 g/mol. The van der Waals surface area contributed by atoms with Crippen molar-refractivity contribution in [1.82, 2.24) is 9.97 Å². The third kappa shape index (κ3) is 4.39. The number of amides is 1. The van der Waals surface area contributed by atoms with Crippen LogP contribution >= 0.6 is 0 Å². The van der Waals surface area contributed by atoms with Crippen molar-refractivity contribution in [3.8, 4) is 11.3 Å². The number of carbonyl (C=O) groups is 1. The largest absolute Gasteiger partial charge is 0.444 e. The molecule has 2 aromatic heterocycles. The van der Waals surface area contributed by atoms with Gasteiger partial charge in [0, 0.05) is 28.4 Å². The number of rotatable bonds is 2. The van der Waals surface area contributed by atoms with Gasteiger partial charge in [-0.2, -0.15) is 13.2 Å². The van der Waals surface area contributed by atoms with E-state index in [1.807, 2.05) is 0 Å². The number of hydrogen-bond donors (Lipinski definition) is 2. The second kappa shape index (κ2) is 6.61. The van der Waals surface area contributed by atoms with E-state index in [1.165, 1.54) is 18.5 Å². The summed E-state index contributed by atoms with van der Waals surface area (Å²) in [5.41, 5.74) is 0.690. The van der Waals surface area contributed by atoms with Crippen molar-refractivity contribution in [2.75, 3.05) is 5.32 Å². The Kier molecular flexibility index (Phi) is 4.59. The summed E-state index contributed by atoms with van der Waals surface area (Å²) in [6.45, 7) is 5.23. The van der Waals surface area contributed by atoms with Crippen molar-refractivity contribution in [3.05, 3.63) is 48.3 Å². The maximum Gasteiger partial charge on any atom is 0.416 e. The number of nitrogens with zero attached hydrogens (tertiary/aromatic N) is 1. The summed E-state index contributed by atoms with van der Waals surface area (Å²) in [5, 5.41) is 3.04. The predicted molar refractivity (Wildman–Crippen MR) is 96.4 cm³/mol. The van der Waals surface area contributed by atoms with Crippen LogP contribution in [0.5, 0.6) is 0 Å². The molecule has 0 fully saturated rings. The summed E-state index contributed by atoms with van der Waals surface area (Å²) in [4.78, 5) is 19.1. The summed E-state index contributed by atoms with van der Waals surface area (Å²) in [5.74, 6) is 0. The molecule has 1 amide bonds. The number of aromatic amines is 1. The Morgan fingerprint density at radius 3 is 2.56 bits per heavy atom. The van der Waals surface area contributed by atoms with Crippen molar-refractivity contribution in [2.45, 2.75) is 32.5 Å². The number of aromatic nitrogens is 2. The fourth-order valence-corrected chi connectivity index (χ4v) is 2.60. The predicted octanol–water partition coefficient (Wildman–Crippen LogP) is 5.60. The third-order valence-corrected chi connectivity index (χ3v) is 3.69. The van der Waals surface area contributed by atoms with E-state index in [4.69, 9.17) is 4.74 Å². The minimum Gasteiger partial charge on any atom is -0.444 e. The van der Waals surface area contributed by atoms with Gasteiger partial charge in [-0.3, -0.25) is 10.3 Å². The molecule has 0 aliphatic rings. The number of hydrogen-bond acceptors (Lipinski definition) is 3. The minimum absolute atomic E-state index is 0.384. The number of carbonyl (C=O) groups excluding carboxylic acids is 1. The molecule has 1 aromatic carbocycles. The molecule has 0 aliphatic heterocycles. The van der Waals surface area contributed by atoms with Crippen LogP contribution in [0.3, 0.4) is 0 Å². The van der Waals surface area contributed by atoms with Crippen LogP contribution < -0.4 is 5.32 Å². The zero-order valence-corrected chi connectivity index (χ0v) is 14.9. The summed E-state index contributed by atoms with van der Waals surface area (Å²) in [6, 6.07) is 6.73. The van der Waals surface area contributed by atoms with Crippen LogP contribution in [-0.2, 0) is 10.9 Å². The fourth-order valence-electron chi connectivity index (χ4n) is 2.60. The van der Waals surface area contributed by atoms with Gasteiger partial charge in [0.25, 0.3) is 0 Å². The van der Waals surface area contributed by atoms with Gasteiger partial charge in [-0.1, -0.05) is 0 Å². The third-order valence-electron chi connectivity index (χ3n) is 3.69. The van der Waals surface area contributed by atoms with Gasteiger partial charge in [-0.25, -0.2) is 4.79 Å². The first-order valence-corrected chi connectivity index (χ1v) is 8.17. The molecule has 8 heteroatoms. The lowest BCUT2D eigenvalue weighted by molar-refractivity contribution is -0.137. The van der Waals surface area contributed by atoms with Gasteiger partial charge in [0.15, 0.2) is 0 Å². The smallest absolute Gasteiger partial charge is 0.416 e. The second-order valence-corrected chi connectivity index (χ2v) is 7.03. The number of fused-ring (bicyclic) bond motifs is 1. The molecule has 3 aromatic rings. The van der Waals surface area contributed by atoms with E-state index in [0.717, 1.165) is 12.1 Å². The molecule has 3 rings (SSSR count). The molecular formula is C19H18F3N3O2. The van der Waals surface area contributed by atoms with E-state index in [1.54, 1.807) is 32.9 Å². The molecule has 5 nitrogen and oxygen atoms in total. The van der Waals surface area contributed by atoms with Crippen molar-refractivity contribution in [3.63, 3.8) is 0 Å². The highest BCUT2D eigenvalue weighted by atomic mass is 19.4. The van der Waals surface area contributed by atoms with Crippen LogP contribution in [0.4, 0.5) is 23.7 Å². The Hall–Kier alpha value is -3.03. The van der Waals surface area contributed by atoms with Crippen LogP contribution in [0.2, 0.25) is 0 Å². The lowest BCUT2D eigenvalue weighted by Gasteiger charge is -2.20. The molecule has 0 saturated carbocycles. The van der Waals surface area contributed by atoms with E-state index in [-0.39, 0.29) is 0 Å². The highest BCUT2D eigenvalue weighted by Gasteiger charge is 2.30. The number of anilines is 1. The van der Waals surface area contributed by atoms with E-state index in [0.29, 0.717) is 27.8 Å². The van der Waals surface area contributed by atoms with Crippen LogP contribution in [0, 0.1) is 0 Å². The van der Waals surface area contributed by atoms with Gasteiger partial charge in [0.05, 0.1) is 17.4 Å². The molecule has 0 atom stereocenters. The Morgan fingerprint density at radius 2 is 1.89 bits per heavy atom. The molecule has 0 unspecified atom stereocenters. The number of pyridine rings is 1. The molecule has 0 spiro atoms. The molecule has 0 saturated heterocycles. The second-order valence-electron chi connectivity index (χ2n) is 7.03. The van der Waals surface area contributed by atoms with Gasteiger partial charge in [-0.15, -0.1) is 0 Å². The van der Waals surface area contributed by atoms with Gasteiger partial charge in [0.2, 0.25) is 0 Å². The van der Waals surface area contributed by atoms with Gasteiger partial charge >= 0.3 is 12.3 Å². The maximum absolute atomic E-state index is 12.9. The topological polar surface area (TPSA) is 67.0 Å². The number of ether oxygens (including phenoxy) is 1. The fraction of sp³-hybridized carbons (Fsp3) is 0.263. The van der Waals surface area contributed by atoms with Crippen molar-refractivity contribution in [2.24, 2.45) is 0 Å². The lowest BCUT2D eigenvalue weighted by Crippen LogP contribution is -2.27.